The van der Waals surface area contributed by atoms with E-state index >= 15 is 0 Å². The number of benzene rings is 1. The van der Waals surface area contributed by atoms with Crippen LogP contribution in [0.15, 0.2) is 21.9 Å². The molecule has 1 aliphatic rings. The third-order valence-electron chi connectivity index (χ3n) is 2.71. The second-order valence-corrected chi connectivity index (χ2v) is 4.98. The van der Waals surface area contributed by atoms with Crippen molar-refractivity contribution in [2.75, 3.05) is 0 Å². The highest BCUT2D eigenvalue weighted by atomic mass is 32.1. The highest BCUT2D eigenvalue weighted by Gasteiger charge is 2.35. The average molecular weight is 328 g/mol. The molecule has 0 aromatic heterocycles. The fraction of sp³-hybridized carbons (Fsp3) is 0.182. The Balaban J connectivity index is 2.36. The van der Waals surface area contributed by atoms with Gasteiger partial charge in [0.15, 0.2) is 0 Å². The van der Waals surface area contributed by atoms with Crippen molar-refractivity contribution < 1.29 is 24.1 Å². The zero-order valence-electron chi connectivity index (χ0n) is 10.3. The minimum atomic E-state index is -1.19. The molecule has 1 aromatic rings. The van der Waals surface area contributed by atoms with Crippen LogP contribution in [0.25, 0.3) is 0 Å². The van der Waals surface area contributed by atoms with Gasteiger partial charge in [0.2, 0.25) is 0 Å². The first-order valence-corrected chi connectivity index (χ1v) is 6.49. The van der Waals surface area contributed by atoms with Crippen LogP contribution >= 0.6 is 25.3 Å². The fourth-order valence-corrected chi connectivity index (χ4v) is 2.17. The summed E-state index contributed by atoms with van der Waals surface area (Å²) in [6.45, 7) is 0. The Morgan fingerprint density at radius 1 is 1.24 bits per heavy atom. The van der Waals surface area contributed by atoms with E-state index in [4.69, 9.17) is 0 Å². The van der Waals surface area contributed by atoms with Gasteiger partial charge in [0, 0.05) is 17.7 Å². The maximum absolute atomic E-state index is 11.9. The van der Waals surface area contributed by atoms with Crippen LogP contribution in [-0.4, -0.2) is 27.8 Å². The van der Waals surface area contributed by atoms with Crippen LogP contribution in [-0.2, 0) is 14.4 Å². The number of hydroxylamine groups is 2. The van der Waals surface area contributed by atoms with Gasteiger partial charge in [-0.3, -0.25) is 19.7 Å². The molecule has 2 amide bonds. The van der Waals surface area contributed by atoms with Crippen LogP contribution in [0.5, 0.6) is 0 Å². The molecule has 10 heteroatoms. The van der Waals surface area contributed by atoms with E-state index in [0.717, 1.165) is 6.07 Å². The van der Waals surface area contributed by atoms with Crippen LogP contribution in [0.2, 0.25) is 0 Å². The number of thiol groups is 2. The molecule has 1 aromatic carbocycles. The molecule has 8 nitrogen and oxygen atoms in total. The highest BCUT2D eigenvalue weighted by molar-refractivity contribution is 7.83. The van der Waals surface area contributed by atoms with Crippen molar-refractivity contribution in [1.29, 1.82) is 0 Å². The number of imide groups is 1. The maximum Gasteiger partial charge on any atom is 0.370 e. The molecule has 0 unspecified atom stereocenters. The van der Waals surface area contributed by atoms with Crippen LogP contribution < -0.4 is 0 Å². The predicted molar refractivity (Wildman–Crippen MR) is 74.1 cm³/mol. The van der Waals surface area contributed by atoms with Gasteiger partial charge < -0.3 is 4.84 Å². The number of carbonyl (C=O) groups excluding carboxylic acids is 3. The summed E-state index contributed by atoms with van der Waals surface area (Å²) in [7, 11) is 0. The smallest absolute Gasteiger partial charge is 0.325 e. The molecule has 0 spiro atoms. The van der Waals surface area contributed by atoms with Gasteiger partial charge in [0.25, 0.3) is 17.5 Å². The van der Waals surface area contributed by atoms with Gasteiger partial charge in [0.1, 0.15) is 5.56 Å². The van der Waals surface area contributed by atoms with Crippen molar-refractivity contribution in [3.05, 3.63) is 27.8 Å². The number of hydrogen-bond acceptors (Lipinski definition) is 8. The number of carbonyl (C=O) groups is 3. The minimum absolute atomic E-state index is 0.0679. The summed E-state index contributed by atoms with van der Waals surface area (Å²) < 4.78 is 0. The van der Waals surface area contributed by atoms with E-state index in [1.807, 2.05) is 0 Å². The Morgan fingerprint density at radius 2 is 1.81 bits per heavy atom. The van der Waals surface area contributed by atoms with Crippen molar-refractivity contribution in [3.63, 3.8) is 0 Å². The van der Waals surface area contributed by atoms with Crippen molar-refractivity contribution >= 4 is 48.7 Å². The Hall–Kier alpha value is -2.07. The molecular weight excluding hydrogens is 320 g/mol. The molecule has 110 valence electrons. The lowest BCUT2D eigenvalue weighted by Gasteiger charge is -2.13. The lowest BCUT2D eigenvalue weighted by molar-refractivity contribution is -0.388. The number of rotatable bonds is 3. The fourth-order valence-electron chi connectivity index (χ4n) is 1.71. The summed E-state index contributed by atoms with van der Waals surface area (Å²) in [4.78, 5) is 49.6. The Labute approximate surface area is 129 Å². The van der Waals surface area contributed by atoms with E-state index < -0.39 is 34.0 Å². The van der Waals surface area contributed by atoms with E-state index in [1.165, 1.54) is 6.07 Å². The Morgan fingerprint density at radius 3 is 2.33 bits per heavy atom. The summed E-state index contributed by atoms with van der Waals surface area (Å²) >= 11 is 7.90. The summed E-state index contributed by atoms with van der Waals surface area (Å²) in [6.07, 6.45) is -0.136. The van der Waals surface area contributed by atoms with Crippen LogP contribution in [0, 0.1) is 10.1 Å². The van der Waals surface area contributed by atoms with Gasteiger partial charge in [-0.25, -0.2) is 4.79 Å². The van der Waals surface area contributed by atoms with Crippen LogP contribution in [0.3, 0.4) is 0 Å². The van der Waals surface area contributed by atoms with E-state index in [0.29, 0.717) is 5.06 Å². The number of nitro benzene ring substituents is 1. The largest absolute Gasteiger partial charge is 0.370 e. The van der Waals surface area contributed by atoms with E-state index in [9.17, 15) is 24.5 Å². The van der Waals surface area contributed by atoms with Crippen LogP contribution in [0.1, 0.15) is 23.2 Å². The first-order valence-electron chi connectivity index (χ1n) is 5.60. The molecule has 0 aliphatic carbocycles. The van der Waals surface area contributed by atoms with Crippen molar-refractivity contribution in [2.24, 2.45) is 0 Å². The van der Waals surface area contributed by atoms with Gasteiger partial charge >= 0.3 is 5.97 Å². The molecule has 1 heterocycles. The number of nitro groups is 1. The van der Waals surface area contributed by atoms with E-state index in [2.05, 4.69) is 30.1 Å². The quantitative estimate of drug-likeness (QED) is 0.376. The standard InChI is InChI=1S/C11H8N2O6S2/c14-7-3-4-8(15)12(7)19-11(16)5-1-2-6(20)10(21)9(5)13(17)18/h1-2,20-21H,3-4H2. The third kappa shape index (κ3) is 2.85. The molecule has 0 N–H and O–H groups in total. The van der Waals surface area contributed by atoms with E-state index in [-0.39, 0.29) is 22.6 Å². The molecule has 0 bridgehead atoms. The number of amides is 2. The molecule has 2 rings (SSSR count). The van der Waals surface area contributed by atoms with Gasteiger partial charge in [-0.1, -0.05) is 0 Å². The average Bonchev–Trinajstić information content (AvgIpc) is 2.72. The zero-order chi connectivity index (χ0) is 15.7. The molecule has 1 fully saturated rings. The predicted octanol–water partition coefficient (Wildman–Crippen LogP) is 1.39. The monoisotopic (exact) mass is 328 g/mol. The lowest BCUT2D eigenvalue weighted by Crippen LogP contribution is -2.32. The van der Waals surface area contributed by atoms with Crippen LogP contribution in [0.4, 0.5) is 5.69 Å². The normalized spacial score (nSPS) is 14.5. The second kappa shape index (κ2) is 5.74. The topological polar surface area (TPSA) is 107 Å². The minimum Gasteiger partial charge on any atom is -0.325 e. The van der Waals surface area contributed by atoms with Gasteiger partial charge in [-0.15, -0.1) is 30.3 Å². The van der Waals surface area contributed by atoms with Gasteiger partial charge in [0.05, 0.1) is 9.82 Å². The van der Waals surface area contributed by atoms with Crippen molar-refractivity contribution in [1.82, 2.24) is 5.06 Å². The lowest BCUT2D eigenvalue weighted by atomic mass is 10.2. The molecule has 21 heavy (non-hydrogen) atoms. The second-order valence-electron chi connectivity index (χ2n) is 4.05. The molecule has 0 radical (unpaired) electrons. The number of nitrogens with zero attached hydrogens (tertiary/aromatic N) is 2. The molecular formula is C11H8N2O6S2. The molecule has 0 saturated carbocycles. The summed E-state index contributed by atoms with van der Waals surface area (Å²) in [6, 6.07) is 2.44. The number of hydrogen-bond donors (Lipinski definition) is 2. The van der Waals surface area contributed by atoms with Gasteiger partial charge in [-0.05, 0) is 12.1 Å². The SMILES string of the molecule is O=C(ON1C(=O)CCC1=O)c1ccc(S)c(S)c1[N+](=O)[O-]. The van der Waals surface area contributed by atoms with Gasteiger partial charge in [-0.2, -0.15) is 0 Å². The first-order chi connectivity index (χ1) is 9.82. The third-order valence-corrected chi connectivity index (χ3v) is 3.71. The molecule has 1 saturated heterocycles. The molecule has 1 aliphatic heterocycles. The highest BCUT2D eigenvalue weighted by Crippen LogP contribution is 2.33. The Kier molecular flexibility index (Phi) is 4.19. The maximum atomic E-state index is 11.9. The summed E-state index contributed by atoms with van der Waals surface area (Å²) in [5.74, 6) is -2.53. The molecule has 0 atom stereocenters. The Bertz CT molecular complexity index is 659. The summed E-state index contributed by atoms with van der Waals surface area (Å²) in [5.41, 5.74) is -1.02. The van der Waals surface area contributed by atoms with Crippen molar-refractivity contribution in [2.45, 2.75) is 22.6 Å². The summed E-state index contributed by atoms with van der Waals surface area (Å²) in [5, 5.41) is 11.4. The van der Waals surface area contributed by atoms with Crippen molar-refractivity contribution in [3.8, 4) is 0 Å². The van der Waals surface area contributed by atoms with E-state index in [1.54, 1.807) is 0 Å². The first kappa shape index (κ1) is 15.3. The zero-order valence-corrected chi connectivity index (χ0v) is 12.1.